The summed E-state index contributed by atoms with van der Waals surface area (Å²) in [5, 5.41) is 0. The molecule has 1 saturated heterocycles. The zero-order valence-electron chi connectivity index (χ0n) is 13.5. The number of benzene rings is 1. The van der Waals surface area contributed by atoms with Gasteiger partial charge in [0.05, 0.1) is 6.61 Å². The van der Waals surface area contributed by atoms with Crippen LogP contribution in [0.15, 0.2) is 24.3 Å². The van der Waals surface area contributed by atoms with E-state index >= 15 is 0 Å². The first-order valence-electron chi connectivity index (χ1n) is 7.91. The number of hydrogen-bond donors (Lipinski definition) is 0. The maximum atomic E-state index is 6.09. The Kier molecular flexibility index (Phi) is 5.09. The Bertz CT molecular complexity index is 422. The van der Waals surface area contributed by atoms with Crippen LogP contribution in [0.1, 0.15) is 52.0 Å². The second kappa shape index (κ2) is 6.62. The molecule has 0 spiro atoms. The van der Waals surface area contributed by atoms with Crippen LogP contribution < -0.4 is 4.74 Å². The van der Waals surface area contributed by atoms with E-state index in [1.54, 1.807) is 0 Å². The Morgan fingerprint density at radius 2 is 1.95 bits per heavy atom. The van der Waals surface area contributed by atoms with E-state index in [9.17, 15) is 0 Å². The third-order valence-corrected chi connectivity index (χ3v) is 4.33. The van der Waals surface area contributed by atoms with Crippen molar-refractivity contribution in [3.05, 3.63) is 29.8 Å². The molecule has 0 amide bonds. The van der Waals surface area contributed by atoms with Gasteiger partial charge in [0.25, 0.3) is 0 Å². The molecule has 2 rings (SSSR count). The smallest absolute Gasteiger partial charge is 0.123 e. The summed E-state index contributed by atoms with van der Waals surface area (Å²) in [5.41, 5.74) is 1.44. The van der Waals surface area contributed by atoms with Gasteiger partial charge in [-0.05, 0) is 49.9 Å². The molecule has 1 unspecified atom stereocenters. The van der Waals surface area contributed by atoms with Gasteiger partial charge in [0, 0.05) is 6.04 Å². The van der Waals surface area contributed by atoms with E-state index in [4.69, 9.17) is 4.74 Å². The van der Waals surface area contributed by atoms with E-state index in [0.717, 1.165) is 18.8 Å². The number of ether oxygens (including phenoxy) is 1. The first-order chi connectivity index (χ1) is 9.48. The zero-order valence-corrected chi connectivity index (χ0v) is 13.5. The van der Waals surface area contributed by atoms with Gasteiger partial charge in [0.2, 0.25) is 0 Å². The van der Waals surface area contributed by atoms with Gasteiger partial charge in [-0.2, -0.15) is 0 Å². The predicted octanol–water partition coefficient (Wildman–Crippen LogP) is 4.24. The first kappa shape index (κ1) is 15.4. The minimum atomic E-state index is 0.137. The number of hydrogen-bond acceptors (Lipinski definition) is 2. The highest BCUT2D eigenvalue weighted by molar-refractivity contribution is 5.38. The van der Waals surface area contributed by atoms with Crippen LogP contribution >= 0.6 is 0 Å². The summed E-state index contributed by atoms with van der Waals surface area (Å²) in [7, 11) is 2.24. The molecular formula is C18H29NO. The molecule has 1 atom stereocenters. The third-order valence-electron chi connectivity index (χ3n) is 4.33. The molecule has 1 heterocycles. The van der Waals surface area contributed by atoms with E-state index in [2.05, 4.69) is 57.0 Å². The average Bonchev–Trinajstić information content (AvgIpc) is 2.40. The van der Waals surface area contributed by atoms with Gasteiger partial charge >= 0.3 is 0 Å². The minimum Gasteiger partial charge on any atom is -0.493 e. The Hall–Kier alpha value is -1.02. The molecule has 1 aliphatic heterocycles. The summed E-state index contributed by atoms with van der Waals surface area (Å²) in [6, 6.07) is 9.15. The van der Waals surface area contributed by atoms with Crippen molar-refractivity contribution in [3.63, 3.8) is 0 Å². The normalized spacial score (nSPS) is 20.9. The van der Waals surface area contributed by atoms with Crippen LogP contribution in [-0.4, -0.2) is 31.1 Å². The lowest BCUT2D eigenvalue weighted by Gasteiger charge is -2.32. The highest BCUT2D eigenvalue weighted by atomic mass is 16.5. The minimum absolute atomic E-state index is 0.137. The molecule has 0 N–H and O–H groups in total. The quantitative estimate of drug-likeness (QED) is 0.815. The highest BCUT2D eigenvalue weighted by Gasteiger charge is 2.20. The molecule has 2 heteroatoms. The fraction of sp³-hybridized carbons (Fsp3) is 0.667. The van der Waals surface area contributed by atoms with Gasteiger partial charge < -0.3 is 9.64 Å². The van der Waals surface area contributed by atoms with E-state index < -0.39 is 0 Å². The summed E-state index contributed by atoms with van der Waals surface area (Å²) in [6.45, 7) is 8.78. The molecule has 0 aromatic heterocycles. The number of rotatable bonds is 4. The molecule has 2 nitrogen and oxygen atoms in total. The lowest BCUT2D eigenvalue weighted by Crippen LogP contribution is -2.37. The molecule has 0 radical (unpaired) electrons. The van der Waals surface area contributed by atoms with Crippen molar-refractivity contribution in [1.82, 2.24) is 4.90 Å². The molecule has 0 bridgehead atoms. The van der Waals surface area contributed by atoms with Gasteiger partial charge in [0.15, 0.2) is 0 Å². The van der Waals surface area contributed by atoms with Crippen molar-refractivity contribution in [3.8, 4) is 5.75 Å². The number of para-hydroxylation sites is 1. The van der Waals surface area contributed by atoms with Crippen molar-refractivity contribution in [2.24, 2.45) is 0 Å². The van der Waals surface area contributed by atoms with E-state index in [1.807, 2.05) is 0 Å². The second-order valence-corrected chi connectivity index (χ2v) is 7.01. The van der Waals surface area contributed by atoms with Gasteiger partial charge in [-0.3, -0.25) is 0 Å². The lowest BCUT2D eigenvalue weighted by molar-refractivity contribution is 0.152. The van der Waals surface area contributed by atoms with Crippen molar-refractivity contribution >= 4 is 0 Å². The molecule has 1 aromatic rings. The van der Waals surface area contributed by atoms with Crippen LogP contribution in [0.2, 0.25) is 0 Å². The number of likely N-dealkylation sites (tertiary alicyclic amines) is 1. The maximum absolute atomic E-state index is 6.09. The lowest BCUT2D eigenvalue weighted by atomic mass is 9.86. The Morgan fingerprint density at radius 3 is 2.65 bits per heavy atom. The largest absolute Gasteiger partial charge is 0.493 e. The van der Waals surface area contributed by atoms with Crippen LogP contribution in [0.3, 0.4) is 0 Å². The molecule has 1 aromatic carbocycles. The van der Waals surface area contributed by atoms with Crippen LogP contribution in [-0.2, 0) is 5.41 Å². The van der Waals surface area contributed by atoms with Crippen molar-refractivity contribution < 1.29 is 4.74 Å². The fourth-order valence-electron chi connectivity index (χ4n) is 3.03. The van der Waals surface area contributed by atoms with Gasteiger partial charge in [0.1, 0.15) is 5.75 Å². The summed E-state index contributed by atoms with van der Waals surface area (Å²) in [4.78, 5) is 2.49. The van der Waals surface area contributed by atoms with Gasteiger partial charge in [-0.15, -0.1) is 0 Å². The van der Waals surface area contributed by atoms with Crippen molar-refractivity contribution in [2.45, 2.75) is 57.9 Å². The summed E-state index contributed by atoms with van der Waals surface area (Å²) >= 11 is 0. The van der Waals surface area contributed by atoms with Gasteiger partial charge in [-0.25, -0.2) is 0 Å². The first-order valence-corrected chi connectivity index (χ1v) is 7.91. The third kappa shape index (κ3) is 3.99. The van der Waals surface area contributed by atoms with E-state index in [-0.39, 0.29) is 5.41 Å². The Morgan fingerprint density at radius 1 is 1.20 bits per heavy atom. The average molecular weight is 275 g/mol. The SMILES string of the molecule is CN1CCCCC1CCOc1ccccc1C(C)(C)C. The molecule has 0 aliphatic carbocycles. The molecular weight excluding hydrogens is 246 g/mol. The topological polar surface area (TPSA) is 12.5 Å². The Balaban J connectivity index is 1.91. The fourth-order valence-corrected chi connectivity index (χ4v) is 3.03. The van der Waals surface area contributed by atoms with Crippen LogP contribution in [0.25, 0.3) is 0 Å². The summed E-state index contributed by atoms with van der Waals surface area (Å²) < 4.78 is 6.09. The summed E-state index contributed by atoms with van der Waals surface area (Å²) in [6.07, 6.45) is 5.17. The van der Waals surface area contributed by atoms with Crippen LogP contribution in [0.4, 0.5) is 0 Å². The molecule has 0 saturated carbocycles. The number of piperidine rings is 1. The monoisotopic (exact) mass is 275 g/mol. The van der Waals surface area contributed by atoms with E-state index in [1.165, 1.54) is 31.4 Å². The van der Waals surface area contributed by atoms with Crippen molar-refractivity contribution in [2.75, 3.05) is 20.2 Å². The van der Waals surface area contributed by atoms with Crippen LogP contribution in [0.5, 0.6) is 5.75 Å². The standard InChI is InChI=1S/C18H29NO/c1-18(2,3)16-10-5-6-11-17(16)20-14-12-15-9-7-8-13-19(15)4/h5-6,10-11,15H,7-9,12-14H2,1-4H3. The molecule has 1 fully saturated rings. The molecule has 20 heavy (non-hydrogen) atoms. The second-order valence-electron chi connectivity index (χ2n) is 7.01. The van der Waals surface area contributed by atoms with Gasteiger partial charge in [-0.1, -0.05) is 45.4 Å². The number of nitrogens with zero attached hydrogens (tertiary/aromatic N) is 1. The van der Waals surface area contributed by atoms with E-state index in [0.29, 0.717) is 6.04 Å². The predicted molar refractivity (Wildman–Crippen MR) is 85.5 cm³/mol. The molecule has 112 valence electrons. The zero-order chi connectivity index (χ0) is 14.6. The van der Waals surface area contributed by atoms with Crippen molar-refractivity contribution in [1.29, 1.82) is 0 Å². The Labute approximate surface area is 124 Å². The van der Waals surface area contributed by atoms with Crippen LogP contribution in [0, 0.1) is 0 Å². The molecule has 1 aliphatic rings. The summed E-state index contributed by atoms with van der Waals surface area (Å²) in [5.74, 6) is 1.05. The highest BCUT2D eigenvalue weighted by Crippen LogP contribution is 2.31. The maximum Gasteiger partial charge on any atom is 0.123 e.